The summed E-state index contributed by atoms with van der Waals surface area (Å²) in [5, 5.41) is 7.32. The first-order valence-electron chi connectivity index (χ1n) is 12.3. The fourth-order valence-electron chi connectivity index (χ4n) is 5.40. The van der Waals surface area contributed by atoms with Crippen molar-refractivity contribution < 1.29 is 14.3 Å². The number of para-hydroxylation sites is 3. The van der Waals surface area contributed by atoms with Crippen LogP contribution in [-0.2, 0) is 11.2 Å². The predicted molar refractivity (Wildman–Crippen MR) is 127 cm³/mol. The molecule has 0 aromatic heterocycles. The van der Waals surface area contributed by atoms with Crippen LogP contribution in [0.15, 0.2) is 48.5 Å². The molecule has 1 saturated carbocycles. The minimum Gasteiger partial charge on any atom is -0.486 e. The van der Waals surface area contributed by atoms with Crippen molar-refractivity contribution in [2.75, 3.05) is 18.5 Å². The summed E-state index contributed by atoms with van der Waals surface area (Å²) in [6.07, 6.45) is 8.50. The molecule has 5 rings (SSSR count). The van der Waals surface area contributed by atoms with Crippen LogP contribution in [0, 0.1) is 5.92 Å². The van der Waals surface area contributed by atoms with Crippen LogP contribution in [0.1, 0.15) is 50.5 Å². The van der Waals surface area contributed by atoms with Crippen LogP contribution < -0.4 is 20.1 Å². The monoisotopic (exact) mass is 434 g/mol. The number of aryl methyl sites for hydroxylation is 1. The first-order chi connectivity index (χ1) is 15.8. The van der Waals surface area contributed by atoms with E-state index in [4.69, 9.17) is 9.47 Å². The molecule has 0 spiro atoms. The average Bonchev–Trinajstić information content (AvgIpc) is 2.86. The van der Waals surface area contributed by atoms with E-state index in [9.17, 15) is 4.79 Å². The van der Waals surface area contributed by atoms with Gasteiger partial charge in [-0.2, -0.15) is 0 Å². The van der Waals surface area contributed by atoms with E-state index in [1.807, 2.05) is 24.3 Å². The topological polar surface area (TPSA) is 59.6 Å². The van der Waals surface area contributed by atoms with Gasteiger partial charge in [0.2, 0.25) is 0 Å². The lowest BCUT2D eigenvalue weighted by Gasteiger charge is -2.36. The van der Waals surface area contributed by atoms with E-state index in [1.165, 1.54) is 30.5 Å². The maximum atomic E-state index is 13.6. The highest BCUT2D eigenvalue weighted by molar-refractivity contribution is 5.87. The van der Waals surface area contributed by atoms with Crippen LogP contribution in [0.3, 0.4) is 0 Å². The number of nitrogens with one attached hydrogen (secondary N) is 2. The van der Waals surface area contributed by atoms with Gasteiger partial charge in [-0.3, -0.25) is 4.79 Å². The Kier molecular flexibility index (Phi) is 6.63. The Morgan fingerprint density at radius 3 is 2.66 bits per heavy atom. The number of fused-ring (bicyclic) bond motifs is 2. The average molecular weight is 435 g/mol. The Morgan fingerprint density at radius 2 is 1.78 bits per heavy atom. The lowest BCUT2D eigenvalue weighted by atomic mass is 9.80. The summed E-state index contributed by atoms with van der Waals surface area (Å²) in [6, 6.07) is 16.3. The van der Waals surface area contributed by atoms with Crippen LogP contribution in [0.2, 0.25) is 0 Å². The minimum absolute atomic E-state index is 0.00266. The molecular weight excluding hydrogens is 400 g/mol. The fraction of sp³-hybridized carbons (Fsp3) is 0.519. The third kappa shape index (κ3) is 4.78. The van der Waals surface area contributed by atoms with Crippen LogP contribution in [0.5, 0.6) is 11.5 Å². The van der Waals surface area contributed by atoms with Crippen LogP contribution in [0.25, 0.3) is 0 Å². The second-order valence-electron chi connectivity index (χ2n) is 9.40. The molecule has 1 aliphatic carbocycles. The quantitative estimate of drug-likeness (QED) is 0.659. The van der Waals surface area contributed by atoms with E-state index in [0.29, 0.717) is 12.4 Å². The van der Waals surface area contributed by atoms with E-state index < -0.39 is 0 Å². The molecule has 2 aromatic carbocycles. The molecule has 170 valence electrons. The fourth-order valence-corrected chi connectivity index (χ4v) is 5.40. The van der Waals surface area contributed by atoms with Gasteiger partial charge in [0, 0.05) is 24.1 Å². The van der Waals surface area contributed by atoms with Gasteiger partial charge in [0.1, 0.15) is 12.7 Å². The van der Waals surface area contributed by atoms with E-state index in [2.05, 4.69) is 34.9 Å². The molecule has 5 heteroatoms. The zero-order valence-corrected chi connectivity index (χ0v) is 18.7. The van der Waals surface area contributed by atoms with Crippen LogP contribution in [-0.4, -0.2) is 37.1 Å². The molecule has 2 aromatic rings. The van der Waals surface area contributed by atoms with Gasteiger partial charge in [-0.15, -0.1) is 0 Å². The van der Waals surface area contributed by atoms with E-state index in [-0.39, 0.29) is 24.1 Å². The van der Waals surface area contributed by atoms with Gasteiger partial charge in [-0.25, -0.2) is 0 Å². The third-order valence-corrected chi connectivity index (χ3v) is 7.20. The molecule has 3 unspecified atom stereocenters. The maximum absolute atomic E-state index is 13.6. The molecule has 2 aliphatic heterocycles. The number of ketones is 1. The Bertz CT molecular complexity index is 925. The summed E-state index contributed by atoms with van der Waals surface area (Å²) in [5.74, 6) is 2.21. The van der Waals surface area contributed by atoms with Crippen molar-refractivity contribution in [3.05, 3.63) is 54.1 Å². The molecule has 32 heavy (non-hydrogen) atoms. The summed E-state index contributed by atoms with van der Waals surface area (Å²) in [6.45, 7) is 1.29. The minimum atomic E-state index is -0.164. The number of hydrogen-bond acceptors (Lipinski definition) is 5. The summed E-state index contributed by atoms with van der Waals surface area (Å²) in [5.41, 5.74) is 2.52. The van der Waals surface area contributed by atoms with Gasteiger partial charge in [-0.05, 0) is 56.0 Å². The second-order valence-corrected chi connectivity index (χ2v) is 9.40. The molecule has 2 heterocycles. The molecule has 0 saturated heterocycles. The molecule has 1 fully saturated rings. The van der Waals surface area contributed by atoms with E-state index in [0.717, 1.165) is 50.1 Å². The van der Waals surface area contributed by atoms with Crippen molar-refractivity contribution in [2.45, 2.75) is 69.6 Å². The summed E-state index contributed by atoms with van der Waals surface area (Å²) in [7, 11) is 0. The molecule has 0 radical (unpaired) electrons. The normalized spacial score (nSPS) is 23.6. The number of ether oxygens (including phenoxy) is 2. The van der Waals surface area contributed by atoms with Gasteiger partial charge in [0.05, 0.1) is 6.04 Å². The maximum Gasteiger partial charge on any atom is 0.161 e. The highest BCUT2D eigenvalue weighted by Gasteiger charge is 2.35. The highest BCUT2D eigenvalue weighted by atomic mass is 16.6. The Hall–Kier alpha value is -2.53. The number of anilines is 1. The van der Waals surface area contributed by atoms with Gasteiger partial charge in [0.15, 0.2) is 17.3 Å². The lowest BCUT2D eigenvalue weighted by molar-refractivity contribution is -0.126. The van der Waals surface area contributed by atoms with Crippen molar-refractivity contribution in [1.29, 1.82) is 0 Å². The van der Waals surface area contributed by atoms with Gasteiger partial charge < -0.3 is 20.1 Å². The number of carbonyl (C=O) groups is 1. The van der Waals surface area contributed by atoms with Gasteiger partial charge in [0.25, 0.3) is 0 Å². The third-order valence-electron chi connectivity index (χ3n) is 7.20. The number of Topliss-reactive ketones (excluding diaryl/α,β-unsaturated/α-hetero) is 1. The van der Waals surface area contributed by atoms with Crippen LogP contribution in [0.4, 0.5) is 5.69 Å². The molecule has 0 bridgehead atoms. The number of hydrogen-bond donors (Lipinski definition) is 2. The second kappa shape index (κ2) is 9.95. The Balaban J connectivity index is 1.23. The molecule has 0 amide bonds. The van der Waals surface area contributed by atoms with E-state index >= 15 is 0 Å². The highest BCUT2D eigenvalue weighted by Crippen LogP contribution is 2.32. The standard InChI is InChI=1S/C27H34N2O3/c30-27(20-9-2-1-3-10-20)26(23-15-14-19-8-4-5-11-22(19)29-23)28-17-16-21-18-31-24-12-6-7-13-25(24)32-21/h4-8,11-13,20-21,23,26,28-29H,1-3,9-10,14-18H2. The zero-order chi connectivity index (χ0) is 21.8. The van der Waals surface area contributed by atoms with Crippen molar-refractivity contribution in [3.63, 3.8) is 0 Å². The first kappa shape index (κ1) is 21.3. The smallest absolute Gasteiger partial charge is 0.161 e. The first-order valence-corrected chi connectivity index (χ1v) is 12.3. The Labute approximate surface area is 190 Å². The van der Waals surface area contributed by atoms with Gasteiger partial charge >= 0.3 is 0 Å². The largest absolute Gasteiger partial charge is 0.486 e. The van der Waals surface area contributed by atoms with Crippen molar-refractivity contribution >= 4 is 11.5 Å². The summed E-state index contributed by atoms with van der Waals surface area (Å²) >= 11 is 0. The molecule has 5 nitrogen and oxygen atoms in total. The lowest BCUT2D eigenvalue weighted by Crippen LogP contribution is -2.53. The van der Waals surface area contributed by atoms with Crippen molar-refractivity contribution in [1.82, 2.24) is 5.32 Å². The van der Waals surface area contributed by atoms with Crippen molar-refractivity contribution in [3.8, 4) is 11.5 Å². The Morgan fingerprint density at radius 1 is 1.00 bits per heavy atom. The van der Waals surface area contributed by atoms with Crippen molar-refractivity contribution in [2.24, 2.45) is 5.92 Å². The van der Waals surface area contributed by atoms with Gasteiger partial charge in [-0.1, -0.05) is 49.6 Å². The number of rotatable bonds is 7. The SMILES string of the molecule is O=C(C1CCCCC1)C(NCCC1COc2ccccc2O1)C1CCc2ccccc2N1. The summed E-state index contributed by atoms with van der Waals surface area (Å²) in [4.78, 5) is 13.6. The molecule has 3 atom stereocenters. The summed E-state index contributed by atoms with van der Waals surface area (Å²) < 4.78 is 12.0. The zero-order valence-electron chi connectivity index (χ0n) is 18.7. The number of benzene rings is 2. The molecular formula is C27H34N2O3. The molecule has 2 N–H and O–H groups in total. The predicted octanol–water partition coefficient (Wildman–Crippen LogP) is 4.75. The molecule has 3 aliphatic rings. The van der Waals surface area contributed by atoms with Crippen LogP contribution >= 0.6 is 0 Å². The number of carbonyl (C=O) groups excluding carboxylic acids is 1. The van der Waals surface area contributed by atoms with E-state index in [1.54, 1.807) is 0 Å².